The lowest BCUT2D eigenvalue weighted by atomic mass is 9.75. The van der Waals surface area contributed by atoms with E-state index in [9.17, 15) is 9.59 Å². The molecule has 1 aliphatic heterocycles. The van der Waals surface area contributed by atoms with E-state index in [0.717, 1.165) is 32.2 Å². The number of nitrogens with zero attached hydrogens (tertiary/aromatic N) is 1. The molecule has 0 atom stereocenters. The maximum absolute atomic E-state index is 13.0. The summed E-state index contributed by atoms with van der Waals surface area (Å²) in [7, 11) is 0. The summed E-state index contributed by atoms with van der Waals surface area (Å²) in [5.74, 6) is 0.249. The summed E-state index contributed by atoms with van der Waals surface area (Å²) < 4.78 is 0. The molecule has 118 valence electrons. The number of rotatable bonds is 2. The summed E-state index contributed by atoms with van der Waals surface area (Å²) in [6, 6.07) is 0. The van der Waals surface area contributed by atoms with E-state index in [-0.39, 0.29) is 17.2 Å². The van der Waals surface area contributed by atoms with Crippen LogP contribution in [0.25, 0.3) is 0 Å². The summed E-state index contributed by atoms with van der Waals surface area (Å²) in [6.07, 6.45) is 10.5. The maximum Gasteiger partial charge on any atom is 0.248 e. The lowest BCUT2D eigenvalue weighted by Crippen LogP contribution is -2.56. The monoisotopic (exact) mass is 292 g/mol. The molecule has 3 aliphatic rings. The Bertz CT molecular complexity index is 421. The van der Waals surface area contributed by atoms with Gasteiger partial charge in [-0.15, -0.1) is 0 Å². The van der Waals surface area contributed by atoms with Gasteiger partial charge in [-0.2, -0.15) is 0 Å². The van der Waals surface area contributed by atoms with Gasteiger partial charge in [-0.25, -0.2) is 0 Å². The van der Waals surface area contributed by atoms with Crippen LogP contribution in [0.3, 0.4) is 0 Å². The normalized spacial score (nSPS) is 28.5. The quantitative estimate of drug-likeness (QED) is 0.850. The van der Waals surface area contributed by atoms with Gasteiger partial charge in [0.2, 0.25) is 11.8 Å². The van der Waals surface area contributed by atoms with Crippen molar-refractivity contribution in [2.24, 2.45) is 5.41 Å². The predicted octanol–water partition coefficient (Wildman–Crippen LogP) is 2.62. The van der Waals surface area contributed by atoms with E-state index < -0.39 is 5.54 Å². The summed E-state index contributed by atoms with van der Waals surface area (Å²) in [5, 5.41) is 3.05. The number of carbonyl (C=O) groups excluding carboxylic acids is 2. The van der Waals surface area contributed by atoms with E-state index in [1.165, 1.54) is 32.1 Å². The summed E-state index contributed by atoms with van der Waals surface area (Å²) in [6.45, 7) is 3.76. The first kappa shape index (κ1) is 14.9. The Morgan fingerprint density at radius 1 is 1.00 bits per heavy atom. The molecule has 0 bridgehead atoms. The molecule has 0 aromatic rings. The van der Waals surface area contributed by atoms with Gasteiger partial charge in [0, 0.05) is 19.5 Å². The van der Waals surface area contributed by atoms with Gasteiger partial charge in [-0.1, -0.05) is 39.0 Å². The number of nitrogens with one attached hydrogen (secondary N) is 1. The molecule has 0 aromatic heterocycles. The van der Waals surface area contributed by atoms with Gasteiger partial charge in [0.1, 0.15) is 5.54 Å². The molecule has 21 heavy (non-hydrogen) atoms. The van der Waals surface area contributed by atoms with E-state index in [1.807, 2.05) is 4.90 Å². The van der Waals surface area contributed by atoms with Crippen LogP contribution in [0.5, 0.6) is 0 Å². The Morgan fingerprint density at radius 2 is 1.62 bits per heavy atom. The van der Waals surface area contributed by atoms with Crippen molar-refractivity contribution in [1.82, 2.24) is 10.2 Å². The highest BCUT2D eigenvalue weighted by atomic mass is 16.2. The molecule has 1 N–H and O–H groups in total. The standard InChI is InChI=1S/C17H28N2O2/c1-16(8-3-2-4-9-16)13-19-12-7-14(20)18-17(15(19)21)10-5-6-11-17/h2-13H2,1H3,(H,18,20). The largest absolute Gasteiger partial charge is 0.342 e. The smallest absolute Gasteiger partial charge is 0.248 e. The van der Waals surface area contributed by atoms with Crippen molar-refractivity contribution in [1.29, 1.82) is 0 Å². The molecule has 3 rings (SSSR count). The van der Waals surface area contributed by atoms with Gasteiger partial charge in [0.05, 0.1) is 0 Å². The Hall–Kier alpha value is -1.06. The van der Waals surface area contributed by atoms with Crippen LogP contribution in [-0.4, -0.2) is 35.3 Å². The first-order chi connectivity index (χ1) is 10.0. The van der Waals surface area contributed by atoms with E-state index in [0.29, 0.717) is 13.0 Å². The van der Waals surface area contributed by atoms with Crippen LogP contribution in [0.4, 0.5) is 0 Å². The first-order valence-corrected chi connectivity index (χ1v) is 8.64. The molecule has 1 spiro atoms. The summed E-state index contributed by atoms with van der Waals surface area (Å²) in [5.41, 5.74) is -0.320. The predicted molar refractivity (Wildman–Crippen MR) is 81.7 cm³/mol. The van der Waals surface area contributed by atoms with Crippen LogP contribution in [0.2, 0.25) is 0 Å². The maximum atomic E-state index is 13.0. The van der Waals surface area contributed by atoms with Crippen molar-refractivity contribution in [3.8, 4) is 0 Å². The van der Waals surface area contributed by atoms with E-state index in [1.54, 1.807) is 0 Å². The molecule has 4 nitrogen and oxygen atoms in total. The zero-order valence-electron chi connectivity index (χ0n) is 13.2. The van der Waals surface area contributed by atoms with E-state index in [2.05, 4.69) is 12.2 Å². The molecular weight excluding hydrogens is 264 g/mol. The second-order valence-electron chi connectivity index (χ2n) is 7.69. The molecule has 0 aromatic carbocycles. The molecule has 2 aliphatic carbocycles. The Morgan fingerprint density at radius 3 is 2.29 bits per heavy atom. The minimum absolute atomic E-state index is 0.0570. The molecule has 1 heterocycles. The summed E-state index contributed by atoms with van der Waals surface area (Å²) in [4.78, 5) is 27.1. The molecule has 3 fully saturated rings. The molecule has 0 unspecified atom stereocenters. The minimum Gasteiger partial charge on any atom is -0.342 e. The molecular formula is C17H28N2O2. The zero-order valence-corrected chi connectivity index (χ0v) is 13.2. The number of carbonyl (C=O) groups is 2. The van der Waals surface area contributed by atoms with Gasteiger partial charge in [0.15, 0.2) is 0 Å². The van der Waals surface area contributed by atoms with Crippen molar-refractivity contribution >= 4 is 11.8 Å². The van der Waals surface area contributed by atoms with Crippen LogP contribution in [0, 0.1) is 5.41 Å². The number of hydrogen-bond acceptors (Lipinski definition) is 2. The van der Waals surface area contributed by atoms with Gasteiger partial charge < -0.3 is 10.2 Å². The third kappa shape index (κ3) is 2.95. The first-order valence-electron chi connectivity index (χ1n) is 8.64. The zero-order chi connectivity index (χ0) is 14.9. The lowest BCUT2D eigenvalue weighted by molar-refractivity contribution is -0.140. The fourth-order valence-corrected chi connectivity index (χ4v) is 4.52. The number of amides is 2. The van der Waals surface area contributed by atoms with Crippen LogP contribution in [0.15, 0.2) is 0 Å². The fraction of sp³-hybridized carbons (Fsp3) is 0.882. The Kier molecular flexibility index (Phi) is 3.98. The topological polar surface area (TPSA) is 49.4 Å². The van der Waals surface area contributed by atoms with Crippen molar-refractivity contribution < 1.29 is 9.59 Å². The SMILES string of the molecule is CC1(CN2CCC(=O)NC3(CCCC3)C2=O)CCCCC1. The molecule has 1 saturated heterocycles. The van der Waals surface area contributed by atoms with Crippen LogP contribution >= 0.6 is 0 Å². The molecule has 2 amide bonds. The van der Waals surface area contributed by atoms with Gasteiger partial charge in [0.25, 0.3) is 0 Å². The fourth-order valence-electron chi connectivity index (χ4n) is 4.52. The van der Waals surface area contributed by atoms with Crippen molar-refractivity contribution in [2.75, 3.05) is 13.1 Å². The molecule has 4 heteroatoms. The second-order valence-corrected chi connectivity index (χ2v) is 7.69. The van der Waals surface area contributed by atoms with Gasteiger partial charge >= 0.3 is 0 Å². The van der Waals surface area contributed by atoms with Crippen LogP contribution in [0.1, 0.15) is 71.1 Å². The minimum atomic E-state index is -0.571. The Balaban J connectivity index is 1.77. The van der Waals surface area contributed by atoms with Crippen LogP contribution < -0.4 is 5.32 Å². The van der Waals surface area contributed by atoms with Crippen LogP contribution in [-0.2, 0) is 9.59 Å². The van der Waals surface area contributed by atoms with Gasteiger partial charge in [-0.3, -0.25) is 9.59 Å². The average Bonchev–Trinajstić information content (AvgIpc) is 2.89. The third-order valence-electron chi connectivity index (χ3n) is 5.77. The van der Waals surface area contributed by atoms with Crippen molar-refractivity contribution in [3.05, 3.63) is 0 Å². The van der Waals surface area contributed by atoms with Crippen molar-refractivity contribution in [3.63, 3.8) is 0 Å². The Labute approximate surface area is 127 Å². The second kappa shape index (κ2) is 5.62. The molecule has 0 radical (unpaired) electrons. The van der Waals surface area contributed by atoms with E-state index >= 15 is 0 Å². The third-order valence-corrected chi connectivity index (χ3v) is 5.77. The summed E-state index contributed by atoms with van der Waals surface area (Å²) >= 11 is 0. The highest BCUT2D eigenvalue weighted by Crippen LogP contribution is 2.39. The highest BCUT2D eigenvalue weighted by molar-refractivity contribution is 5.93. The average molecular weight is 292 g/mol. The van der Waals surface area contributed by atoms with E-state index in [4.69, 9.17) is 0 Å². The van der Waals surface area contributed by atoms with Gasteiger partial charge in [-0.05, 0) is 31.1 Å². The molecule has 2 saturated carbocycles. The highest BCUT2D eigenvalue weighted by Gasteiger charge is 2.47. The lowest BCUT2D eigenvalue weighted by Gasteiger charge is -2.40. The van der Waals surface area contributed by atoms with Crippen molar-refractivity contribution in [2.45, 2.75) is 76.7 Å². The number of hydrogen-bond donors (Lipinski definition) is 1.